The number of rotatable bonds is 6. The summed E-state index contributed by atoms with van der Waals surface area (Å²) in [6.45, 7) is 0. The Morgan fingerprint density at radius 2 is 1.92 bits per heavy atom. The number of aromatic hydroxyl groups is 1. The zero-order valence-electron chi connectivity index (χ0n) is 13.4. The number of carboxylic acids is 1. The van der Waals surface area contributed by atoms with Crippen LogP contribution in [-0.4, -0.2) is 22.3 Å². The number of hydrogen-bond donors (Lipinski definition) is 3. The first-order valence-electron chi connectivity index (χ1n) is 7.46. The number of phenolic OH excluding ortho intramolecular Hbond substituents is 1. The van der Waals surface area contributed by atoms with Crippen LogP contribution in [0.1, 0.15) is 18.1 Å². The third kappa shape index (κ3) is 5.89. The number of halogens is 2. The van der Waals surface area contributed by atoms with Crippen molar-refractivity contribution < 1.29 is 28.9 Å². The molecule has 0 saturated carbocycles. The third-order valence-corrected chi connectivity index (χ3v) is 3.82. The van der Waals surface area contributed by atoms with Crippen LogP contribution in [-0.2, 0) is 9.53 Å². The highest BCUT2D eigenvalue weighted by Gasteiger charge is 2.18. The Balaban J connectivity index is 2.14. The first kappa shape index (κ1) is 19.5. The molecule has 136 valence electrons. The molecular weight excluding hydrogens is 409 g/mol. The van der Waals surface area contributed by atoms with E-state index in [4.69, 9.17) is 9.84 Å². The summed E-state index contributed by atoms with van der Waals surface area (Å²) in [5.41, 5.74) is 0.774. The first-order chi connectivity index (χ1) is 12.3. The molecule has 1 amide bonds. The fourth-order valence-electron chi connectivity index (χ4n) is 2.08. The van der Waals surface area contributed by atoms with Crippen LogP contribution in [0.5, 0.6) is 5.75 Å². The van der Waals surface area contributed by atoms with Crippen molar-refractivity contribution in [2.75, 3.05) is 5.32 Å². The van der Waals surface area contributed by atoms with Gasteiger partial charge in [-0.05, 0) is 42.0 Å². The number of carboxylic acid groups (broad SMARTS) is 1. The molecule has 0 fully saturated rings. The van der Waals surface area contributed by atoms with Crippen LogP contribution in [0.25, 0.3) is 0 Å². The number of carbonyl (C=O) groups is 2. The van der Waals surface area contributed by atoms with Gasteiger partial charge in [-0.2, -0.15) is 0 Å². The molecule has 2 rings (SSSR count). The van der Waals surface area contributed by atoms with Crippen LogP contribution >= 0.6 is 15.9 Å². The van der Waals surface area contributed by atoms with E-state index in [1.54, 1.807) is 24.3 Å². The van der Waals surface area contributed by atoms with Gasteiger partial charge in [0, 0.05) is 22.7 Å². The number of ether oxygens (including phenoxy) is 1. The van der Waals surface area contributed by atoms with Gasteiger partial charge in [-0.1, -0.05) is 28.1 Å². The largest absolute Gasteiger partial charge is 0.505 e. The Kier molecular flexibility index (Phi) is 6.74. The topological polar surface area (TPSA) is 95.9 Å². The zero-order chi connectivity index (χ0) is 19.1. The van der Waals surface area contributed by atoms with E-state index in [-0.39, 0.29) is 12.0 Å². The maximum atomic E-state index is 13.6. The minimum absolute atomic E-state index is 0.0181. The van der Waals surface area contributed by atoms with Crippen LogP contribution in [0.2, 0.25) is 0 Å². The number of phenols is 1. The van der Waals surface area contributed by atoms with E-state index in [1.165, 1.54) is 12.1 Å². The van der Waals surface area contributed by atoms with Gasteiger partial charge in [0.05, 0.1) is 0 Å². The number of anilines is 1. The standard InChI is InChI=1S/C18H15BrFNO5/c19-12-5-7-13(8-6-12)21-18(25)26-16(2-1-3-17(23)24)11-4-9-15(22)14(20)10-11/h1,3-10,16,22H,2H2,(H,21,25)(H,23,24)/b3-1+/t16-/m0/s1. The fourth-order valence-corrected chi connectivity index (χ4v) is 2.34. The first-order valence-corrected chi connectivity index (χ1v) is 8.25. The van der Waals surface area contributed by atoms with Crippen LogP contribution in [0.4, 0.5) is 14.9 Å². The molecule has 0 bridgehead atoms. The molecule has 0 spiro atoms. The quantitative estimate of drug-likeness (QED) is 0.589. The molecule has 0 aliphatic heterocycles. The highest BCUT2D eigenvalue weighted by molar-refractivity contribution is 9.10. The Hall–Kier alpha value is -2.87. The number of nitrogens with one attached hydrogen (secondary N) is 1. The van der Waals surface area contributed by atoms with Crippen molar-refractivity contribution in [2.24, 2.45) is 0 Å². The zero-order valence-corrected chi connectivity index (χ0v) is 14.9. The summed E-state index contributed by atoms with van der Waals surface area (Å²) >= 11 is 3.28. The van der Waals surface area contributed by atoms with Crippen molar-refractivity contribution >= 4 is 33.7 Å². The van der Waals surface area contributed by atoms with Gasteiger partial charge in [-0.15, -0.1) is 0 Å². The number of hydrogen-bond acceptors (Lipinski definition) is 4. The van der Waals surface area contributed by atoms with E-state index < -0.39 is 29.7 Å². The predicted octanol–water partition coefficient (Wildman–Crippen LogP) is 4.61. The van der Waals surface area contributed by atoms with E-state index in [1.807, 2.05) is 0 Å². The molecule has 6 nitrogen and oxygen atoms in total. The highest BCUT2D eigenvalue weighted by Crippen LogP contribution is 2.27. The molecular formula is C18H15BrFNO5. The number of carbonyl (C=O) groups excluding carboxylic acids is 1. The molecule has 0 unspecified atom stereocenters. The second kappa shape index (κ2) is 9.00. The van der Waals surface area contributed by atoms with Crippen molar-refractivity contribution in [3.8, 4) is 5.75 Å². The Morgan fingerprint density at radius 1 is 1.23 bits per heavy atom. The number of amides is 1. The van der Waals surface area contributed by atoms with Gasteiger partial charge in [0.1, 0.15) is 6.10 Å². The minimum Gasteiger partial charge on any atom is -0.505 e. The lowest BCUT2D eigenvalue weighted by molar-refractivity contribution is -0.131. The molecule has 2 aromatic carbocycles. The number of aliphatic carboxylic acids is 1. The summed E-state index contributed by atoms with van der Waals surface area (Å²) in [5.74, 6) is -2.56. The van der Waals surface area contributed by atoms with Crippen molar-refractivity contribution in [2.45, 2.75) is 12.5 Å². The summed E-state index contributed by atoms with van der Waals surface area (Å²) in [5, 5.41) is 20.5. The minimum atomic E-state index is -1.15. The monoisotopic (exact) mass is 423 g/mol. The maximum absolute atomic E-state index is 13.6. The van der Waals surface area contributed by atoms with E-state index in [0.29, 0.717) is 5.69 Å². The highest BCUT2D eigenvalue weighted by atomic mass is 79.9. The van der Waals surface area contributed by atoms with Gasteiger partial charge in [-0.25, -0.2) is 14.0 Å². The molecule has 8 heteroatoms. The lowest BCUT2D eigenvalue weighted by atomic mass is 10.1. The second-order valence-corrected chi connectivity index (χ2v) is 6.13. The summed E-state index contributed by atoms with van der Waals surface area (Å²) in [7, 11) is 0. The average Bonchev–Trinajstić information content (AvgIpc) is 2.58. The molecule has 26 heavy (non-hydrogen) atoms. The van der Waals surface area contributed by atoms with Gasteiger partial charge in [-0.3, -0.25) is 5.32 Å². The molecule has 0 aliphatic rings. The van der Waals surface area contributed by atoms with Gasteiger partial charge in [0.2, 0.25) is 0 Å². The Bertz CT molecular complexity index is 823. The van der Waals surface area contributed by atoms with Gasteiger partial charge < -0.3 is 14.9 Å². The fraction of sp³-hybridized carbons (Fsp3) is 0.111. The molecule has 1 atom stereocenters. The van der Waals surface area contributed by atoms with Crippen LogP contribution in [0, 0.1) is 5.82 Å². The van der Waals surface area contributed by atoms with Gasteiger partial charge >= 0.3 is 12.1 Å². The maximum Gasteiger partial charge on any atom is 0.412 e. The lowest BCUT2D eigenvalue weighted by Crippen LogP contribution is -2.17. The summed E-state index contributed by atoms with van der Waals surface area (Å²) in [6, 6.07) is 10.3. The van der Waals surface area contributed by atoms with Crippen molar-refractivity contribution in [1.82, 2.24) is 0 Å². The van der Waals surface area contributed by atoms with Crippen LogP contribution in [0.3, 0.4) is 0 Å². The van der Waals surface area contributed by atoms with E-state index in [9.17, 15) is 19.1 Å². The average molecular weight is 424 g/mol. The van der Waals surface area contributed by atoms with E-state index >= 15 is 0 Å². The smallest absolute Gasteiger partial charge is 0.412 e. The SMILES string of the molecule is O=C(O)/C=C/C[C@H](OC(=O)Nc1ccc(Br)cc1)c1ccc(O)c(F)c1. The molecule has 0 aromatic heterocycles. The predicted molar refractivity (Wildman–Crippen MR) is 96.4 cm³/mol. The number of benzene rings is 2. The van der Waals surface area contributed by atoms with Gasteiger partial charge in [0.25, 0.3) is 0 Å². The molecule has 0 heterocycles. The normalized spacial score (nSPS) is 11.9. The third-order valence-electron chi connectivity index (χ3n) is 3.29. The molecule has 0 saturated heterocycles. The molecule has 3 N–H and O–H groups in total. The summed E-state index contributed by atoms with van der Waals surface area (Å²) < 4.78 is 19.7. The molecule has 2 aromatic rings. The molecule has 0 aliphatic carbocycles. The lowest BCUT2D eigenvalue weighted by Gasteiger charge is -2.17. The van der Waals surface area contributed by atoms with E-state index in [0.717, 1.165) is 22.7 Å². The molecule has 0 radical (unpaired) electrons. The Morgan fingerprint density at radius 3 is 2.54 bits per heavy atom. The summed E-state index contributed by atoms with van der Waals surface area (Å²) in [4.78, 5) is 22.7. The Labute approximate surface area is 157 Å². The second-order valence-electron chi connectivity index (χ2n) is 5.21. The van der Waals surface area contributed by atoms with Crippen LogP contribution < -0.4 is 5.32 Å². The van der Waals surface area contributed by atoms with Crippen LogP contribution in [0.15, 0.2) is 59.1 Å². The van der Waals surface area contributed by atoms with Crippen molar-refractivity contribution in [3.63, 3.8) is 0 Å². The van der Waals surface area contributed by atoms with Crippen molar-refractivity contribution in [1.29, 1.82) is 0 Å². The van der Waals surface area contributed by atoms with Gasteiger partial charge in [0.15, 0.2) is 11.6 Å². The van der Waals surface area contributed by atoms with E-state index in [2.05, 4.69) is 21.2 Å². The van der Waals surface area contributed by atoms with Crippen molar-refractivity contribution in [3.05, 3.63) is 70.5 Å². The summed E-state index contributed by atoms with van der Waals surface area (Å²) in [6.07, 6.45) is 0.500.